The molecule has 0 radical (unpaired) electrons. The number of nitrogens with two attached hydrogens (primary N) is 1. The van der Waals surface area contributed by atoms with E-state index in [1.807, 2.05) is 36.9 Å². The lowest BCUT2D eigenvalue weighted by molar-refractivity contribution is 0.0532. The second-order valence-electron chi connectivity index (χ2n) is 6.72. The lowest BCUT2D eigenvalue weighted by Gasteiger charge is -2.39. The van der Waals surface area contributed by atoms with Crippen molar-refractivity contribution in [3.63, 3.8) is 0 Å². The molecule has 6 heteroatoms. The van der Waals surface area contributed by atoms with Crippen molar-refractivity contribution < 1.29 is 4.79 Å². The highest BCUT2D eigenvalue weighted by Gasteiger charge is 2.32. The number of rotatable bonds is 3. The summed E-state index contributed by atoms with van der Waals surface area (Å²) >= 11 is 0. The van der Waals surface area contributed by atoms with Crippen LogP contribution in [0.25, 0.3) is 5.69 Å². The third-order valence-corrected chi connectivity index (χ3v) is 4.82. The standard InChI is InChI=1S/C18H25N5O/c1-12-6-7-16(23-20-11-14(3)21-23)15(9-12)18(24)22-8-4-5-13(2)17(22)10-19/h6-7,9,11,13,17H,4-5,8,10,19H2,1-3H3/t13-,17?/m1/s1. The van der Waals surface area contributed by atoms with Crippen LogP contribution < -0.4 is 5.73 Å². The fourth-order valence-corrected chi connectivity index (χ4v) is 3.47. The molecule has 1 aromatic heterocycles. The van der Waals surface area contributed by atoms with Crippen molar-refractivity contribution in [2.24, 2.45) is 11.7 Å². The summed E-state index contributed by atoms with van der Waals surface area (Å²) in [5.41, 5.74) is 9.17. The third-order valence-electron chi connectivity index (χ3n) is 4.82. The number of benzene rings is 1. The van der Waals surface area contributed by atoms with Gasteiger partial charge in [0.15, 0.2) is 0 Å². The highest BCUT2D eigenvalue weighted by atomic mass is 16.2. The molecule has 0 bridgehead atoms. The first-order valence-electron chi connectivity index (χ1n) is 8.52. The molecule has 2 aromatic rings. The minimum Gasteiger partial charge on any atom is -0.334 e. The van der Waals surface area contributed by atoms with Gasteiger partial charge in [-0.05, 0) is 44.7 Å². The van der Waals surface area contributed by atoms with Crippen LogP contribution in [-0.4, -0.2) is 44.9 Å². The summed E-state index contributed by atoms with van der Waals surface area (Å²) in [6.45, 7) is 7.29. The monoisotopic (exact) mass is 327 g/mol. The summed E-state index contributed by atoms with van der Waals surface area (Å²) in [4.78, 5) is 16.7. The zero-order valence-corrected chi connectivity index (χ0v) is 14.6. The Morgan fingerprint density at radius 3 is 2.83 bits per heavy atom. The first-order chi connectivity index (χ1) is 11.5. The Morgan fingerprint density at radius 1 is 1.38 bits per heavy atom. The van der Waals surface area contributed by atoms with Crippen molar-refractivity contribution in [1.82, 2.24) is 19.9 Å². The normalized spacial score (nSPS) is 21.1. The van der Waals surface area contributed by atoms with Crippen LogP contribution in [0.1, 0.15) is 41.4 Å². The van der Waals surface area contributed by atoms with Crippen molar-refractivity contribution in [2.75, 3.05) is 13.1 Å². The molecular weight excluding hydrogens is 302 g/mol. The van der Waals surface area contributed by atoms with Crippen molar-refractivity contribution in [2.45, 2.75) is 39.7 Å². The SMILES string of the molecule is Cc1ccc(-n2ncc(C)n2)c(C(=O)N2CCC[C@@H](C)C2CN)c1. The van der Waals surface area contributed by atoms with E-state index in [4.69, 9.17) is 5.73 Å². The number of likely N-dealkylation sites (tertiary alicyclic amines) is 1. The maximum Gasteiger partial charge on any atom is 0.256 e. The number of piperidine rings is 1. The Hall–Kier alpha value is -2.21. The van der Waals surface area contributed by atoms with Gasteiger partial charge in [-0.2, -0.15) is 15.0 Å². The van der Waals surface area contributed by atoms with E-state index in [2.05, 4.69) is 17.1 Å². The van der Waals surface area contributed by atoms with Crippen LogP contribution in [0.15, 0.2) is 24.4 Å². The number of carbonyl (C=O) groups excluding carboxylic acids is 1. The van der Waals surface area contributed by atoms with E-state index in [1.165, 1.54) is 4.80 Å². The Kier molecular flexibility index (Phi) is 4.66. The molecule has 1 saturated heterocycles. The molecule has 24 heavy (non-hydrogen) atoms. The largest absolute Gasteiger partial charge is 0.334 e. The fourth-order valence-electron chi connectivity index (χ4n) is 3.47. The van der Waals surface area contributed by atoms with Crippen LogP contribution in [0, 0.1) is 19.8 Å². The van der Waals surface area contributed by atoms with Gasteiger partial charge < -0.3 is 10.6 Å². The summed E-state index contributed by atoms with van der Waals surface area (Å²) < 4.78 is 0. The Labute approximate surface area is 142 Å². The fraction of sp³-hybridized carbons (Fsp3) is 0.500. The van der Waals surface area contributed by atoms with E-state index in [-0.39, 0.29) is 11.9 Å². The van der Waals surface area contributed by atoms with Crippen LogP contribution in [0.3, 0.4) is 0 Å². The van der Waals surface area contributed by atoms with Gasteiger partial charge in [-0.15, -0.1) is 0 Å². The van der Waals surface area contributed by atoms with E-state index < -0.39 is 0 Å². The number of aromatic nitrogens is 3. The maximum absolute atomic E-state index is 13.3. The predicted octanol–water partition coefficient (Wildman–Crippen LogP) is 2.08. The van der Waals surface area contributed by atoms with E-state index in [9.17, 15) is 4.79 Å². The average molecular weight is 327 g/mol. The van der Waals surface area contributed by atoms with Gasteiger partial charge in [-0.1, -0.05) is 18.6 Å². The lowest BCUT2D eigenvalue weighted by Crippen LogP contribution is -2.51. The molecule has 1 amide bonds. The van der Waals surface area contributed by atoms with Gasteiger partial charge in [0.1, 0.15) is 0 Å². The minimum atomic E-state index is 0.0191. The Bertz CT molecular complexity index is 739. The molecule has 2 heterocycles. The maximum atomic E-state index is 13.3. The smallest absolute Gasteiger partial charge is 0.256 e. The number of nitrogens with zero attached hydrogens (tertiary/aromatic N) is 4. The second-order valence-corrected chi connectivity index (χ2v) is 6.72. The molecular formula is C18H25N5O. The van der Waals surface area contributed by atoms with Crippen LogP contribution >= 0.6 is 0 Å². The summed E-state index contributed by atoms with van der Waals surface area (Å²) in [5.74, 6) is 0.441. The molecule has 3 rings (SSSR count). The van der Waals surface area contributed by atoms with Gasteiger partial charge >= 0.3 is 0 Å². The van der Waals surface area contributed by atoms with Crippen molar-refractivity contribution in [3.8, 4) is 5.69 Å². The minimum absolute atomic E-state index is 0.0191. The molecule has 1 aromatic carbocycles. The van der Waals surface area contributed by atoms with Gasteiger partial charge in [0, 0.05) is 19.1 Å². The molecule has 0 spiro atoms. The topological polar surface area (TPSA) is 77.0 Å². The van der Waals surface area contributed by atoms with Crippen LogP contribution in [0.5, 0.6) is 0 Å². The third kappa shape index (κ3) is 3.06. The molecule has 1 aliphatic rings. The summed E-state index contributed by atoms with van der Waals surface area (Å²) in [6, 6.07) is 5.90. The van der Waals surface area contributed by atoms with Crippen LogP contribution in [0.4, 0.5) is 0 Å². The summed E-state index contributed by atoms with van der Waals surface area (Å²) in [5, 5.41) is 8.63. The number of hydrogen-bond donors (Lipinski definition) is 1. The first-order valence-corrected chi connectivity index (χ1v) is 8.52. The molecule has 2 atom stereocenters. The molecule has 128 valence electrons. The van der Waals surface area contributed by atoms with E-state index in [0.29, 0.717) is 23.7 Å². The molecule has 2 N–H and O–H groups in total. The highest BCUT2D eigenvalue weighted by Crippen LogP contribution is 2.26. The molecule has 0 aliphatic carbocycles. The number of aryl methyl sites for hydroxylation is 2. The molecule has 1 fully saturated rings. The zero-order valence-electron chi connectivity index (χ0n) is 14.6. The van der Waals surface area contributed by atoms with E-state index in [0.717, 1.165) is 30.6 Å². The predicted molar refractivity (Wildman–Crippen MR) is 93.1 cm³/mol. The van der Waals surface area contributed by atoms with E-state index >= 15 is 0 Å². The second kappa shape index (κ2) is 6.73. The summed E-state index contributed by atoms with van der Waals surface area (Å²) in [7, 11) is 0. The van der Waals surface area contributed by atoms with Crippen LogP contribution in [-0.2, 0) is 0 Å². The zero-order chi connectivity index (χ0) is 17.3. The quantitative estimate of drug-likeness (QED) is 0.936. The highest BCUT2D eigenvalue weighted by molar-refractivity contribution is 5.98. The molecule has 0 saturated carbocycles. The Balaban J connectivity index is 2.01. The van der Waals surface area contributed by atoms with Gasteiger partial charge in [0.2, 0.25) is 0 Å². The van der Waals surface area contributed by atoms with Gasteiger partial charge in [0.25, 0.3) is 5.91 Å². The van der Waals surface area contributed by atoms with Gasteiger partial charge in [-0.3, -0.25) is 4.79 Å². The lowest BCUT2D eigenvalue weighted by atomic mass is 9.90. The molecule has 6 nitrogen and oxygen atoms in total. The van der Waals surface area contributed by atoms with Gasteiger partial charge in [-0.25, -0.2) is 0 Å². The van der Waals surface area contributed by atoms with Gasteiger partial charge in [0.05, 0.1) is 23.1 Å². The number of carbonyl (C=O) groups is 1. The number of hydrogen-bond acceptors (Lipinski definition) is 4. The molecule has 1 aliphatic heterocycles. The van der Waals surface area contributed by atoms with Crippen molar-refractivity contribution in [1.29, 1.82) is 0 Å². The van der Waals surface area contributed by atoms with Crippen molar-refractivity contribution >= 4 is 5.91 Å². The Morgan fingerprint density at radius 2 is 2.17 bits per heavy atom. The average Bonchev–Trinajstić information content (AvgIpc) is 3.00. The van der Waals surface area contributed by atoms with E-state index in [1.54, 1.807) is 6.20 Å². The molecule has 1 unspecified atom stereocenters. The first kappa shape index (κ1) is 16.6. The summed E-state index contributed by atoms with van der Waals surface area (Å²) in [6.07, 6.45) is 3.83. The number of amides is 1. The van der Waals surface area contributed by atoms with Crippen molar-refractivity contribution in [3.05, 3.63) is 41.2 Å². The van der Waals surface area contributed by atoms with Crippen LogP contribution in [0.2, 0.25) is 0 Å².